The average molecular weight is 425 g/mol. The van der Waals surface area contributed by atoms with Crippen molar-refractivity contribution >= 4 is 52.4 Å². The number of nitrogens with zero attached hydrogens (tertiary/aromatic N) is 3. The second kappa shape index (κ2) is 8.21. The van der Waals surface area contributed by atoms with Gasteiger partial charge in [0.1, 0.15) is 11.7 Å². The van der Waals surface area contributed by atoms with E-state index < -0.39 is 0 Å². The molecule has 8 heteroatoms. The standard InChI is InChI=1S/C19H16Cl3N3O2/c1-23(13-6-3-2-4-7-13)19(27)25-11-17(22)18(26)24(12-25)10-14-15(20)8-5-9-16(14)21/h2-9,11H,10,12H2,1H3. The van der Waals surface area contributed by atoms with Gasteiger partial charge in [-0.05, 0) is 24.3 Å². The molecule has 2 aromatic rings. The molecule has 0 aliphatic carbocycles. The average Bonchev–Trinajstić information content (AvgIpc) is 2.67. The van der Waals surface area contributed by atoms with Crippen LogP contribution < -0.4 is 4.90 Å². The Hall–Kier alpha value is -2.21. The van der Waals surface area contributed by atoms with Crippen molar-refractivity contribution in [1.29, 1.82) is 0 Å². The maximum atomic E-state index is 12.8. The molecule has 2 aromatic carbocycles. The van der Waals surface area contributed by atoms with E-state index in [1.165, 1.54) is 20.9 Å². The molecule has 5 nitrogen and oxygen atoms in total. The third kappa shape index (κ3) is 4.21. The number of halogens is 3. The van der Waals surface area contributed by atoms with Crippen LogP contribution in [0.1, 0.15) is 5.56 Å². The number of para-hydroxylation sites is 1. The largest absolute Gasteiger partial charge is 0.329 e. The topological polar surface area (TPSA) is 43.9 Å². The molecular weight excluding hydrogens is 409 g/mol. The molecular formula is C19H16Cl3N3O2. The smallest absolute Gasteiger partial charge is 0.315 e. The zero-order valence-electron chi connectivity index (χ0n) is 14.4. The summed E-state index contributed by atoms with van der Waals surface area (Å²) < 4.78 is 0. The zero-order chi connectivity index (χ0) is 19.6. The first-order valence-electron chi connectivity index (χ1n) is 8.07. The Morgan fingerprint density at radius 1 is 1.04 bits per heavy atom. The van der Waals surface area contributed by atoms with Crippen LogP contribution in [-0.2, 0) is 11.3 Å². The Morgan fingerprint density at radius 3 is 2.30 bits per heavy atom. The van der Waals surface area contributed by atoms with Crippen LogP contribution in [0.15, 0.2) is 59.8 Å². The lowest BCUT2D eigenvalue weighted by Crippen LogP contribution is -2.49. The number of carbonyl (C=O) groups excluding carboxylic acids is 2. The van der Waals surface area contributed by atoms with E-state index in [9.17, 15) is 9.59 Å². The number of hydrogen-bond donors (Lipinski definition) is 0. The molecule has 27 heavy (non-hydrogen) atoms. The van der Waals surface area contributed by atoms with E-state index in [1.54, 1.807) is 25.2 Å². The van der Waals surface area contributed by atoms with Gasteiger partial charge in [-0.3, -0.25) is 14.6 Å². The molecule has 0 atom stereocenters. The first-order chi connectivity index (χ1) is 12.9. The van der Waals surface area contributed by atoms with Gasteiger partial charge in [-0.1, -0.05) is 59.1 Å². The molecule has 0 spiro atoms. The van der Waals surface area contributed by atoms with Crippen LogP contribution in [-0.4, -0.2) is 35.5 Å². The highest BCUT2D eigenvalue weighted by molar-refractivity contribution is 6.42. The minimum Gasteiger partial charge on any atom is -0.315 e. The molecule has 3 rings (SSSR count). The van der Waals surface area contributed by atoms with Crippen molar-refractivity contribution in [2.45, 2.75) is 6.54 Å². The molecule has 1 aliphatic heterocycles. The van der Waals surface area contributed by atoms with Gasteiger partial charge >= 0.3 is 6.03 Å². The maximum absolute atomic E-state index is 12.8. The predicted molar refractivity (Wildman–Crippen MR) is 108 cm³/mol. The van der Waals surface area contributed by atoms with Crippen molar-refractivity contribution in [2.75, 3.05) is 18.6 Å². The lowest BCUT2D eigenvalue weighted by Gasteiger charge is -2.35. The normalized spacial score (nSPS) is 14.2. The summed E-state index contributed by atoms with van der Waals surface area (Å²) in [4.78, 5) is 29.6. The molecule has 0 saturated carbocycles. The number of benzene rings is 2. The number of hydrogen-bond acceptors (Lipinski definition) is 2. The fraction of sp³-hybridized carbons (Fsp3) is 0.158. The number of amides is 3. The second-order valence-corrected chi connectivity index (χ2v) is 7.19. The van der Waals surface area contributed by atoms with Crippen LogP contribution in [0.3, 0.4) is 0 Å². The van der Waals surface area contributed by atoms with Crippen molar-refractivity contribution in [3.05, 3.63) is 75.4 Å². The number of carbonyl (C=O) groups is 2. The fourth-order valence-electron chi connectivity index (χ4n) is 2.70. The first kappa shape index (κ1) is 19.5. The monoisotopic (exact) mass is 423 g/mol. The van der Waals surface area contributed by atoms with E-state index in [0.29, 0.717) is 15.6 Å². The lowest BCUT2D eigenvalue weighted by molar-refractivity contribution is -0.129. The molecule has 140 valence electrons. The summed E-state index contributed by atoms with van der Waals surface area (Å²) in [6, 6.07) is 14.0. The van der Waals surface area contributed by atoms with E-state index in [0.717, 1.165) is 5.69 Å². The van der Waals surface area contributed by atoms with Crippen LogP contribution in [0.25, 0.3) is 0 Å². The predicted octanol–water partition coefficient (Wildman–Crippen LogP) is 4.93. The van der Waals surface area contributed by atoms with Gasteiger partial charge in [-0.15, -0.1) is 0 Å². The second-order valence-electron chi connectivity index (χ2n) is 5.97. The summed E-state index contributed by atoms with van der Waals surface area (Å²) in [5.41, 5.74) is 1.33. The van der Waals surface area contributed by atoms with Crippen LogP contribution >= 0.6 is 34.8 Å². The molecule has 0 unspecified atom stereocenters. The van der Waals surface area contributed by atoms with Gasteiger partial charge in [0.05, 0.1) is 6.54 Å². The minimum absolute atomic E-state index is 0.0343. The highest BCUT2D eigenvalue weighted by Crippen LogP contribution is 2.28. The van der Waals surface area contributed by atoms with Crippen LogP contribution in [0.4, 0.5) is 10.5 Å². The summed E-state index contributed by atoms with van der Waals surface area (Å²) in [5, 5.41) is 0.833. The molecule has 0 N–H and O–H groups in total. The summed E-state index contributed by atoms with van der Waals surface area (Å²) in [7, 11) is 1.66. The highest BCUT2D eigenvalue weighted by Gasteiger charge is 2.30. The SMILES string of the molecule is CN(C(=O)N1C=C(Cl)C(=O)N(Cc2c(Cl)cccc2Cl)C1)c1ccccc1. The third-order valence-corrected chi connectivity index (χ3v) is 5.14. The van der Waals surface area contributed by atoms with Gasteiger partial charge in [-0.2, -0.15) is 0 Å². The van der Waals surface area contributed by atoms with Crippen LogP contribution in [0, 0.1) is 0 Å². The van der Waals surface area contributed by atoms with E-state index in [2.05, 4.69) is 0 Å². The highest BCUT2D eigenvalue weighted by atomic mass is 35.5. The summed E-state index contributed by atoms with van der Waals surface area (Å²) in [5.74, 6) is -0.390. The minimum atomic E-state index is -0.390. The Bertz CT molecular complexity index is 882. The molecule has 3 amide bonds. The van der Waals surface area contributed by atoms with Gasteiger partial charge in [0.25, 0.3) is 5.91 Å². The Balaban J connectivity index is 1.82. The molecule has 1 heterocycles. The van der Waals surface area contributed by atoms with Crippen molar-refractivity contribution in [2.24, 2.45) is 0 Å². The van der Waals surface area contributed by atoms with E-state index >= 15 is 0 Å². The quantitative estimate of drug-likeness (QED) is 0.701. The van der Waals surface area contributed by atoms with E-state index in [1.807, 2.05) is 30.3 Å². The van der Waals surface area contributed by atoms with Gasteiger partial charge in [0, 0.05) is 34.5 Å². The van der Waals surface area contributed by atoms with E-state index in [4.69, 9.17) is 34.8 Å². The maximum Gasteiger partial charge on any atom is 0.329 e. The number of anilines is 1. The Labute approximate surface area is 172 Å². The van der Waals surface area contributed by atoms with Crippen molar-refractivity contribution in [1.82, 2.24) is 9.80 Å². The molecule has 0 aromatic heterocycles. The lowest BCUT2D eigenvalue weighted by atomic mass is 10.2. The van der Waals surface area contributed by atoms with Gasteiger partial charge < -0.3 is 4.90 Å². The molecule has 0 radical (unpaired) electrons. The summed E-state index contributed by atoms with van der Waals surface area (Å²) >= 11 is 18.5. The number of rotatable bonds is 3. The zero-order valence-corrected chi connectivity index (χ0v) is 16.7. The van der Waals surface area contributed by atoms with Crippen molar-refractivity contribution in [3.63, 3.8) is 0 Å². The molecule has 0 saturated heterocycles. The fourth-order valence-corrected chi connectivity index (χ4v) is 3.45. The summed E-state index contributed by atoms with van der Waals surface area (Å²) in [6.45, 7) is 0.173. The first-order valence-corrected chi connectivity index (χ1v) is 9.20. The van der Waals surface area contributed by atoms with Crippen molar-refractivity contribution in [3.8, 4) is 0 Å². The Morgan fingerprint density at radius 2 is 1.67 bits per heavy atom. The van der Waals surface area contributed by atoms with Crippen LogP contribution in [0.2, 0.25) is 10.0 Å². The molecule has 1 aliphatic rings. The number of urea groups is 1. The molecule has 0 bridgehead atoms. The van der Waals surface area contributed by atoms with Gasteiger partial charge in [0.2, 0.25) is 0 Å². The van der Waals surface area contributed by atoms with Gasteiger partial charge in [-0.25, -0.2) is 4.79 Å². The Kier molecular flexibility index (Phi) is 5.95. The van der Waals surface area contributed by atoms with Crippen molar-refractivity contribution < 1.29 is 9.59 Å². The van der Waals surface area contributed by atoms with Gasteiger partial charge in [0.15, 0.2) is 0 Å². The van der Waals surface area contributed by atoms with E-state index in [-0.39, 0.29) is 30.2 Å². The van der Waals surface area contributed by atoms with Crippen LogP contribution in [0.5, 0.6) is 0 Å². The molecule has 0 fully saturated rings. The third-order valence-electron chi connectivity index (χ3n) is 4.17. The summed E-state index contributed by atoms with van der Waals surface area (Å²) in [6.07, 6.45) is 1.34.